The Bertz CT molecular complexity index is 416. The molecule has 2 aromatic rings. The lowest BCUT2D eigenvalue weighted by atomic mass is 10.4. The predicted octanol–water partition coefficient (Wildman–Crippen LogP) is 1.64. The van der Waals surface area contributed by atoms with Gasteiger partial charge in [-0.2, -0.15) is 0 Å². The lowest BCUT2D eigenvalue weighted by Gasteiger charge is -2.04. The number of hydrogen-bond acceptors (Lipinski definition) is 5. The van der Waals surface area contributed by atoms with Crippen molar-refractivity contribution in [2.75, 3.05) is 5.32 Å². The molecule has 0 aliphatic carbocycles. The summed E-state index contributed by atoms with van der Waals surface area (Å²) in [4.78, 5) is 9.28. The van der Waals surface area contributed by atoms with Crippen molar-refractivity contribution in [2.24, 2.45) is 0 Å². The third-order valence-electron chi connectivity index (χ3n) is 1.87. The second kappa shape index (κ2) is 4.86. The van der Waals surface area contributed by atoms with Crippen molar-refractivity contribution < 1.29 is 5.11 Å². The summed E-state index contributed by atoms with van der Waals surface area (Å²) in [6, 6.07) is 5.86. The summed E-state index contributed by atoms with van der Waals surface area (Å²) in [6.45, 7) is 0.619. The van der Waals surface area contributed by atoms with Crippen molar-refractivity contribution in [2.45, 2.75) is 13.2 Å². The zero-order chi connectivity index (χ0) is 10.5. The first kappa shape index (κ1) is 10.1. The van der Waals surface area contributed by atoms with E-state index in [0.717, 1.165) is 12.4 Å². The fraction of sp³-hybridized carbons (Fsp3) is 0.200. The van der Waals surface area contributed by atoms with Gasteiger partial charge in [-0.3, -0.25) is 0 Å². The van der Waals surface area contributed by atoms with Gasteiger partial charge in [-0.1, -0.05) is 6.07 Å². The van der Waals surface area contributed by atoms with E-state index in [1.54, 1.807) is 23.6 Å². The molecule has 0 spiro atoms. The van der Waals surface area contributed by atoms with Crippen LogP contribution < -0.4 is 5.32 Å². The Morgan fingerprint density at radius 1 is 1.40 bits per heavy atom. The molecule has 5 heteroatoms. The number of hydrogen-bond donors (Lipinski definition) is 2. The number of aliphatic hydroxyl groups excluding tert-OH is 1. The first-order valence-electron chi connectivity index (χ1n) is 4.57. The van der Waals surface area contributed by atoms with Gasteiger partial charge in [-0.15, -0.1) is 11.3 Å². The van der Waals surface area contributed by atoms with Crippen LogP contribution in [0.1, 0.15) is 10.7 Å². The third kappa shape index (κ3) is 2.74. The molecule has 0 saturated carbocycles. The summed E-state index contributed by atoms with van der Waals surface area (Å²) in [7, 11) is 0. The quantitative estimate of drug-likeness (QED) is 0.824. The highest BCUT2D eigenvalue weighted by molar-refractivity contribution is 7.09. The molecular weight excluding hydrogens is 210 g/mol. The van der Waals surface area contributed by atoms with E-state index in [-0.39, 0.29) is 6.61 Å². The molecule has 0 amide bonds. The van der Waals surface area contributed by atoms with E-state index in [4.69, 9.17) is 5.11 Å². The molecule has 4 nitrogen and oxygen atoms in total. The van der Waals surface area contributed by atoms with Crippen LogP contribution in [-0.4, -0.2) is 15.1 Å². The highest BCUT2D eigenvalue weighted by Crippen LogP contribution is 2.11. The van der Waals surface area contributed by atoms with E-state index in [2.05, 4.69) is 21.4 Å². The summed E-state index contributed by atoms with van der Waals surface area (Å²) < 4.78 is 0. The van der Waals surface area contributed by atoms with Crippen LogP contribution >= 0.6 is 11.3 Å². The van der Waals surface area contributed by atoms with Crippen LogP contribution in [0.25, 0.3) is 0 Å². The number of aromatic nitrogens is 2. The van der Waals surface area contributed by atoms with Gasteiger partial charge in [-0.05, 0) is 17.5 Å². The maximum absolute atomic E-state index is 8.86. The molecule has 0 aliphatic heterocycles. The molecule has 0 radical (unpaired) electrons. The molecular formula is C10H11N3OS. The monoisotopic (exact) mass is 221 g/mol. The normalized spacial score (nSPS) is 10.2. The minimum Gasteiger partial charge on any atom is -0.388 e. The topological polar surface area (TPSA) is 58.0 Å². The first-order valence-corrected chi connectivity index (χ1v) is 5.45. The summed E-state index contributed by atoms with van der Waals surface area (Å²) >= 11 is 1.70. The van der Waals surface area contributed by atoms with Gasteiger partial charge in [-0.25, -0.2) is 9.97 Å². The summed E-state index contributed by atoms with van der Waals surface area (Å²) in [5, 5.41) is 14.1. The Hall–Kier alpha value is -1.46. The van der Waals surface area contributed by atoms with Crippen LogP contribution in [0.3, 0.4) is 0 Å². The average Bonchev–Trinajstić information content (AvgIpc) is 2.79. The Kier molecular flexibility index (Phi) is 3.26. The molecule has 0 atom stereocenters. The molecule has 2 rings (SSSR count). The van der Waals surface area contributed by atoms with E-state index in [9.17, 15) is 0 Å². The highest BCUT2D eigenvalue weighted by Gasteiger charge is 1.98. The second-order valence-electron chi connectivity index (χ2n) is 2.95. The Morgan fingerprint density at radius 2 is 2.33 bits per heavy atom. The average molecular weight is 221 g/mol. The smallest absolute Gasteiger partial charge is 0.156 e. The van der Waals surface area contributed by atoms with Gasteiger partial charge in [0.05, 0.1) is 6.54 Å². The number of nitrogens with zero attached hydrogens (tertiary/aromatic N) is 2. The molecule has 78 valence electrons. The predicted molar refractivity (Wildman–Crippen MR) is 59.6 cm³/mol. The fourth-order valence-electron chi connectivity index (χ4n) is 1.16. The van der Waals surface area contributed by atoms with Crippen molar-refractivity contribution in [1.82, 2.24) is 9.97 Å². The molecule has 0 fully saturated rings. The van der Waals surface area contributed by atoms with Crippen LogP contribution in [0.5, 0.6) is 0 Å². The fourth-order valence-corrected chi connectivity index (χ4v) is 1.81. The van der Waals surface area contributed by atoms with Crippen molar-refractivity contribution in [3.8, 4) is 0 Å². The lowest BCUT2D eigenvalue weighted by Crippen LogP contribution is -2.02. The van der Waals surface area contributed by atoms with Gasteiger partial charge in [0.15, 0.2) is 5.82 Å². The van der Waals surface area contributed by atoms with Crippen LogP contribution in [0, 0.1) is 0 Å². The van der Waals surface area contributed by atoms with Gasteiger partial charge < -0.3 is 10.4 Å². The summed E-state index contributed by atoms with van der Waals surface area (Å²) in [6.07, 6.45) is 1.63. The van der Waals surface area contributed by atoms with Crippen LogP contribution in [0.15, 0.2) is 29.8 Å². The molecule has 15 heavy (non-hydrogen) atoms. The molecule has 0 aromatic carbocycles. The molecule has 0 bridgehead atoms. The molecule has 2 aromatic heterocycles. The highest BCUT2D eigenvalue weighted by atomic mass is 32.1. The van der Waals surface area contributed by atoms with Gasteiger partial charge in [0, 0.05) is 11.1 Å². The zero-order valence-corrected chi connectivity index (χ0v) is 8.87. The zero-order valence-electron chi connectivity index (χ0n) is 8.05. The van der Waals surface area contributed by atoms with Gasteiger partial charge >= 0.3 is 0 Å². The maximum Gasteiger partial charge on any atom is 0.156 e. The minimum atomic E-state index is -0.130. The Morgan fingerprint density at radius 3 is 3.07 bits per heavy atom. The maximum atomic E-state index is 8.86. The SMILES string of the molecule is OCc1nccc(NCc2cccs2)n1. The number of nitrogens with one attached hydrogen (secondary N) is 1. The van der Waals surface area contributed by atoms with Gasteiger partial charge in [0.2, 0.25) is 0 Å². The number of rotatable bonds is 4. The van der Waals surface area contributed by atoms with Crippen molar-refractivity contribution >= 4 is 17.2 Å². The van der Waals surface area contributed by atoms with Crippen LogP contribution in [0.4, 0.5) is 5.82 Å². The number of anilines is 1. The van der Waals surface area contributed by atoms with E-state index in [1.165, 1.54) is 4.88 Å². The Balaban J connectivity index is 1.98. The standard InChI is InChI=1S/C10H11N3OS/c14-7-10-11-4-3-9(13-10)12-6-8-2-1-5-15-8/h1-5,14H,6-7H2,(H,11,12,13). The number of thiophene rings is 1. The largest absolute Gasteiger partial charge is 0.388 e. The first-order chi connectivity index (χ1) is 7.38. The molecule has 0 aliphatic rings. The van der Waals surface area contributed by atoms with E-state index in [1.807, 2.05) is 11.4 Å². The lowest BCUT2D eigenvalue weighted by molar-refractivity contribution is 0.271. The molecule has 0 saturated heterocycles. The molecule has 2 heterocycles. The third-order valence-corrected chi connectivity index (χ3v) is 2.75. The summed E-state index contributed by atoms with van der Waals surface area (Å²) in [5.41, 5.74) is 0. The van der Waals surface area contributed by atoms with Crippen LogP contribution in [-0.2, 0) is 13.2 Å². The minimum absolute atomic E-state index is 0.130. The van der Waals surface area contributed by atoms with E-state index in [0.29, 0.717) is 5.82 Å². The molecule has 0 unspecified atom stereocenters. The van der Waals surface area contributed by atoms with Gasteiger partial charge in [0.1, 0.15) is 12.4 Å². The van der Waals surface area contributed by atoms with Crippen molar-refractivity contribution in [3.63, 3.8) is 0 Å². The Labute approximate surface area is 91.6 Å². The summed E-state index contributed by atoms with van der Waals surface area (Å²) in [5.74, 6) is 1.17. The van der Waals surface area contributed by atoms with E-state index >= 15 is 0 Å². The van der Waals surface area contributed by atoms with Gasteiger partial charge in [0.25, 0.3) is 0 Å². The number of aliphatic hydroxyl groups is 1. The van der Waals surface area contributed by atoms with E-state index < -0.39 is 0 Å². The van der Waals surface area contributed by atoms with Crippen molar-refractivity contribution in [3.05, 3.63) is 40.5 Å². The molecule has 2 N–H and O–H groups in total. The second-order valence-corrected chi connectivity index (χ2v) is 3.98. The van der Waals surface area contributed by atoms with Crippen molar-refractivity contribution in [1.29, 1.82) is 0 Å². The van der Waals surface area contributed by atoms with Crippen LogP contribution in [0.2, 0.25) is 0 Å².